The van der Waals surface area contributed by atoms with Crippen molar-refractivity contribution in [2.75, 3.05) is 26.2 Å². The van der Waals surface area contributed by atoms with Gasteiger partial charge in [-0.15, -0.1) is 0 Å². The molecule has 0 aromatic heterocycles. The fourth-order valence-electron chi connectivity index (χ4n) is 1.98. The molecule has 0 spiro atoms. The lowest BCUT2D eigenvalue weighted by Crippen LogP contribution is -2.42. The van der Waals surface area contributed by atoms with Crippen LogP contribution in [0.5, 0.6) is 0 Å². The molecule has 9 nitrogen and oxygen atoms in total. The molecule has 1 aromatic rings. The van der Waals surface area contributed by atoms with Gasteiger partial charge in [0.2, 0.25) is 15.9 Å². The highest BCUT2D eigenvalue weighted by Crippen LogP contribution is 2.12. The zero-order valence-corrected chi connectivity index (χ0v) is 14.8. The highest BCUT2D eigenvalue weighted by molar-refractivity contribution is 7.89. The fraction of sp³-hybridized carbons (Fsp3) is 0.400. The minimum absolute atomic E-state index is 0.00209. The van der Waals surface area contributed by atoms with Crippen LogP contribution in [-0.2, 0) is 24.3 Å². The van der Waals surface area contributed by atoms with Crippen molar-refractivity contribution in [3.05, 3.63) is 29.8 Å². The summed E-state index contributed by atoms with van der Waals surface area (Å²) in [4.78, 5) is 36.1. The standard InChI is InChI=1S/C15H21N3O6S/c1-3-17-25(22,23)12-7-5-11(6-8-12)15(21)18(9-13(16)19)10-14(20)24-4-2/h5-8,17H,3-4,9-10H2,1-2H3,(H2,16,19). The van der Waals surface area contributed by atoms with E-state index in [1.165, 1.54) is 24.3 Å². The maximum Gasteiger partial charge on any atom is 0.325 e. The molecule has 0 heterocycles. The second kappa shape index (κ2) is 9.14. The minimum Gasteiger partial charge on any atom is -0.465 e. The third kappa shape index (κ3) is 6.16. The number of rotatable bonds is 9. The summed E-state index contributed by atoms with van der Waals surface area (Å²) < 4.78 is 30.9. The largest absolute Gasteiger partial charge is 0.465 e. The summed E-state index contributed by atoms with van der Waals surface area (Å²) in [5, 5.41) is 0. The molecule has 0 aliphatic carbocycles. The third-order valence-electron chi connectivity index (χ3n) is 3.01. The number of ether oxygens (including phenoxy) is 1. The van der Waals surface area contributed by atoms with Crippen LogP contribution in [0, 0.1) is 0 Å². The Morgan fingerprint density at radius 1 is 1.12 bits per heavy atom. The molecule has 0 bridgehead atoms. The Kier molecular flexibility index (Phi) is 7.52. The Bertz CT molecular complexity index is 730. The fourth-order valence-corrected chi connectivity index (χ4v) is 3.02. The summed E-state index contributed by atoms with van der Waals surface area (Å²) in [6, 6.07) is 5.12. The molecule has 1 rings (SSSR count). The average Bonchev–Trinajstić information content (AvgIpc) is 2.53. The molecule has 0 saturated carbocycles. The number of nitrogens with one attached hydrogen (secondary N) is 1. The zero-order chi connectivity index (χ0) is 19.0. The van der Waals surface area contributed by atoms with E-state index in [2.05, 4.69) is 4.72 Å². The van der Waals surface area contributed by atoms with Crippen LogP contribution in [0.15, 0.2) is 29.2 Å². The van der Waals surface area contributed by atoms with Crippen LogP contribution >= 0.6 is 0 Å². The first-order valence-electron chi connectivity index (χ1n) is 7.54. The van der Waals surface area contributed by atoms with Gasteiger partial charge in [-0.05, 0) is 31.2 Å². The second-order valence-electron chi connectivity index (χ2n) is 4.96. The summed E-state index contributed by atoms with van der Waals surface area (Å²) >= 11 is 0. The number of sulfonamides is 1. The van der Waals surface area contributed by atoms with Crippen LogP contribution in [0.3, 0.4) is 0 Å². The summed E-state index contributed by atoms with van der Waals surface area (Å²) in [6.45, 7) is 2.72. The van der Waals surface area contributed by atoms with Gasteiger partial charge in [0.1, 0.15) is 13.1 Å². The molecule has 138 valence electrons. The predicted octanol–water partition coefficient (Wildman–Crippen LogP) is -0.525. The number of hydrogen-bond acceptors (Lipinski definition) is 6. The first-order chi connectivity index (χ1) is 11.7. The number of nitrogens with zero attached hydrogens (tertiary/aromatic N) is 1. The maximum atomic E-state index is 12.5. The van der Waals surface area contributed by atoms with E-state index in [1.807, 2.05) is 0 Å². The molecule has 0 aliphatic heterocycles. The monoisotopic (exact) mass is 371 g/mol. The molecule has 10 heteroatoms. The number of carbonyl (C=O) groups is 3. The number of amides is 2. The third-order valence-corrected chi connectivity index (χ3v) is 4.57. The Balaban J connectivity index is 3.00. The van der Waals surface area contributed by atoms with Crippen LogP contribution in [0.25, 0.3) is 0 Å². The lowest BCUT2D eigenvalue weighted by Gasteiger charge is -2.20. The Morgan fingerprint density at radius 2 is 1.72 bits per heavy atom. The highest BCUT2D eigenvalue weighted by Gasteiger charge is 2.22. The van der Waals surface area contributed by atoms with E-state index in [0.717, 1.165) is 4.90 Å². The van der Waals surface area contributed by atoms with E-state index in [0.29, 0.717) is 0 Å². The highest BCUT2D eigenvalue weighted by atomic mass is 32.2. The van der Waals surface area contributed by atoms with Gasteiger partial charge in [-0.2, -0.15) is 0 Å². The van der Waals surface area contributed by atoms with Crippen molar-refractivity contribution in [1.29, 1.82) is 0 Å². The summed E-state index contributed by atoms with van der Waals surface area (Å²) in [5.41, 5.74) is 5.21. The molecular weight excluding hydrogens is 350 g/mol. The quantitative estimate of drug-likeness (QED) is 0.560. The summed E-state index contributed by atoms with van der Waals surface area (Å²) in [6.07, 6.45) is 0. The van der Waals surface area contributed by atoms with Crippen molar-refractivity contribution in [3.63, 3.8) is 0 Å². The second-order valence-corrected chi connectivity index (χ2v) is 6.73. The molecule has 0 saturated heterocycles. The van der Waals surface area contributed by atoms with E-state index in [1.54, 1.807) is 13.8 Å². The van der Waals surface area contributed by atoms with Crippen LogP contribution in [-0.4, -0.2) is 57.3 Å². The molecule has 2 amide bonds. The van der Waals surface area contributed by atoms with Crippen molar-refractivity contribution in [3.8, 4) is 0 Å². The van der Waals surface area contributed by atoms with Crippen LogP contribution in [0.1, 0.15) is 24.2 Å². The predicted molar refractivity (Wildman–Crippen MR) is 89.0 cm³/mol. The number of carbonyl (C=O) groups excluding carboxylic acids is 3. The maximum absolute atomic E-state index is 12.5. The lowest BCUT2D eigenvalue weighted by molar-refractivity contribution is -0.144. The van der Waals surface area contributed by atoms with Gasteiger partial charge in [0.25, 0.3) is 5.91 Å². The van der Waals surface area contributed by atoms with Crippen molar-refractivity contribution in [2.45, 2.75) is 18.7 Å². The molecule has 1 aromatic carbocycles. The normalized spacial score (nSPS) is 11.0. The topological polar surface area (TPSA) is 136 Å². The molecular formula is C15H21N3O6S. The average molecular weight is 371 g/mol. The van der Waals surface area contributed by atoms with E-state index >= 15 is 0 Å². The van der Waals surface area contributed by atoms with Gasteiger partial charge < -0.3 is 15.4 Å². The van der Waals surface area contributed by atoms with Gasteiger partial charge in [-0.1, -0.05) is 6.92 Å². The van der Waals surface area contributed by atoms with E-state index in [4.69, 9.17) is 10.5 Å². The van der Waals surface area contributed by atoms with Gasteiger partial charge in [0.05, 0.1) is 11.5 Å². The number of benzene rings is 1. The number of esters is 1. The van der Waals surface area contributed by atoms with Crippen LogP contribution in [0.2, 0.25) is 0 Å². The molecule has 0 fully saturated rings. The van der Waals surface area contributed by atoms with Crippen LogP contribution < -0.4 is 10.5 Å². The molecule has 3 N–H and O–H groups in total. The van der Waals surface area contributed by atoms with Gasteiger partial charge >= 0.3 is 5.97 Å². The van der Waals surface area contributed by atoms with Gasteiger partial charge in [-0.3, -0.25) is 14.4 Å². The first kappa shape index (κ1) is 20.6. The van der Waals surface area contributed by atoms with Gasteiger partial charge in [0.15, 0.2) is 0 Å². The Morgan fingerprint density at radius 3 is 2.20 bits per heavy atom. The molecule has 0 unspecified atom stereocenters. The molecule has 0 atom stereocenters. The van der Waals surface area contributed by atoms with Crippen molar-refractivity contribution in [2.24, 2.45) is 5.73 Å². The Labute approximate surface area is 146 Å². The minimum atomic E-state index is -3.64. The van der Waals surface area contributed by atoms with Crippen LogP contribution in [0.4, 0.5) is 0 Å². The zero-order valence-electron chi connectivity index (χ0n) is 14.0. The smallest absolute Gasteiger partial charge is 0.325 e. The molecule has 25 heavy (non-hydrogen) atoms. The van der Waals surface area contributed by atoms with E-state index in [9.17, 15) is 22.8 Å². The molecule has 0 aliphatic rings. The summed E-state index contributed by atoms with van der Waals surface area (Å²) in [5.74, 6) is -2.10. The SMILES string of the molecule is CCNS(=O)(=O)c1ccc(C(=O)N(CC(N)=O)CC(=O)OCC)cc1. The number of hydrogen-bond donors (Lipinski definition) is 2. The first-order valence-corrected chi connectivity index (χ1v) is 9.02. The van der Waals surface area contributed by atoms with Crippen molar-refractivity contribution in [1.82, 2.24) is 9.62 Å². The van der Waals surface area contributed by atoms with Crippen molar-refractivity contribution >= 4 is 27.8 Å². The number of primary amides is 1. The van der Waals surface area contributed by atoms with Gasteiger partial charge in [0, 0.05) is 12.1 Å². The summed E-state index contributed by atoms with van der Waals surface area (Å²) in [7, 11) is -3.64. The van der Waals surface area contributed by atoms with Gasteiger partial charge in [-0.25, -0.2) is 13.1 Å². The van der Waals surface area contributed by atoms with E-state index < -0.39 is 40.9 Å². The van der Waals surface area contributed by atoms with E-state index in [-0.39, 0.29) is 23.6 Å². The van der Waals surface area contributed by atoms with Crippen molar-refractivity contribution < 1.29 is 27.5 Å². The molecule has 0 radical (unpaired) electrons. The Hall–Kier alpha value is -2.46. The number of nitrogens with two attached hydrogens (primary N) is 1. The lowest BCUT2D eigenvalue weighted by atomic mass is 10.2.